The number of thioether (sulfide) groups is 1. The second-order valence-corrected chi connectivity index (χ2v) is 7.32. The molecular weight excluding hydrogens is 381 g/mol. The lowest BCUT2D eigenvalue weighted by Crippen LogP contribution is -2.28. The Morgan fingerprint density at radius 2 is 1.84 bits per heavy atom. The van der Waals surface area contributed by atoms with Gasteiger partial charge in [-0.3, -0.25) is 9.59 Å². The Balaban J connectivity index is 1.62. The highest BCUT2D eigenvalue weighted by molar-refractivity contribution is 8.15. The predicted octanol–water partition coefficient (Wildman–Crippen LogP) is 4.24. The van der Waals surface area contributed by atoms with Gasteiger partial charge >= 0.3 is 0 Å². The van der Waals surface area contributed by atoms with Crippen molar-refractivity contribution < 1.29 is 9.59 Å². The van der Waals surface area contributed by atoms with Crippen LogP contribution in [0.2, 0.25) is 10.0 Å². The molecule has 1 atom stereocenters. The Bertz CT molecular complexity index is 823. The maximum atomic E-state index is 12.2. The molecule has 2 aromatic rings. The number of nitrogens with one attached hydrogen (secondary N) is 2. The van der Waals surface area contributed by atoms with Crippen LogP contribution in [0, 0.1) is 0 Å². The molecule has 2 aromatic carbocycles. The van der Waals surface area contributed by atoms with Crippen molar-refractivity contribution in [1.29, 1.82) is 0 Å². The summed E-state index contributed by atoms with van der Waals surface area (Å²) in [6.07, 6.45) is 0.0223. The third-order valence-electron chi connectivity index (χ3n) is 3.28. The molecule has 1 aliphatic heterocycles. The number of halogens is 2. The van der Waals surface area contributed by atoms with Gasteiger partial charge in [0.25, 0.3) is 0 Å². The molecule has 5 nitrogen and oxygen atoms in total. The topological polar surface area (TPSA) is 70.6 Å². The molecule has 3 rings (SSSR count). The molecule has 0 saturated carbocycles. The molecule has 0 spiro atoms. The van der Waals surface area contributed by atoms with Crippen LogP contribution < -0.4 is 10.6 Å². The summed E-state index contributed by atoms with van der Waals surface area (Å²) in [6, 6.07) is 14.0. The predicted molar refractivity (Wildman–Crippen MR) is 103 cm³/mol. The largest absolute Gasteiger partial charge is 0.326 e. The standard InChI is InChI=1S/C17H13Cl2N3O2S/c18-10-6-11(19)8-13(7-10)20-15(23)9-14-16(24)22-17(25-14)21-12-4-2-1-3-5-12/h1-8,14H,9H2,(H,20,23)(H,21,22,24)/t14-/m1/s1. The first-order chi connectivity index (χ1) is 12.0. The van der Waals surface area contributed by atoms with E-state index in [0.29, 0.717) is 20.9 Å². The molecule has 2 N–H and O–H groups in total. The second-order valence-electron chi connectivity index (χ2n) is 5.26. The van der Waals surface area contributed by atoms with E-state index in [1.165, 1.54) is 11.8 Å². The van der Waals surface area contributed by atoms with Gasteiger partial charge in [-0.2, -0.15) is 0 Å². The van der Waals surface area contributed by atoms with Crippen LogP contribution in [0.15, 0.2) is 53.5 Å². The van der Waals surface area contributed by atoms with E-state index in [0.717, 1.165) is 5.69 Å². The zero-order valence-electron chi connectivity index (χ0n) is 12.8. The van der Waals surface area contributed by atoms with Gasteiger partial charge < -0.3 is 10.6 Å². The van der Waals surface area contributed by atoms with E-state index in [2.05, 4.69) is 15.6 Å². The minimum atomic E-state index is -0.530. The lowest BCUT2D eigenvalue weighted by Gasteiger charge is -2.08. The molecule has 1 saturated heterocycles. The number of amidine groups is 1. The van der Waals surface area contributed by atoms with E-state index in [1.54, 1.807) is 18.2 Å². The number of para-hydroxylation sites is 1. The Morgan fingerprint density at radius 3 is 2.52 bits per heavy atom. The molecule has 25 heavy (non-hydrogen) atoms. The van der Waals surface area contributed by atoms with E-state index in [1.807, 2.05) is 30.3 Å². The van der Waals surface area contributed by atoms with Crippen LogP contribution in [0.25, 0.3) is 0 Å². The first-order valence-electron chi connectivity index (χ1n) is 7.37. The normalized spacial score (nSPS) is 18.2. The van der Waals surface area contributed by atoms with Gasteiger partial charge in [0.15, 0.2) is 5.17 Å². The lowest BCUT2D eigenvalue weighted by atomic mass is 10.2. The third-order valence-corrected chi connectivity index (χ3v) is 4.80. The van der Waals surface area contributed by atoms with Crippen LogP contribution >= 0.6 is 35.0 Å². The van der Waals surface area contributed by atoms with Crippen molar-refractivity contribution >= 4 is 63.3 Å². The summed E-state index contributed by atoms with van der Waals surface area (Å²) in [5, 5.41) is 6.19. The minimum absolute atomic E-state index is 0.0223. The quantitative estimate of drug-likeness (QED) is 0.815. The third kappa shape index (κ3) is 4.98. The van der Waals surface area contributed by atoms with E-state index < -0.39 is 5.25 Å². The van der Waals surface area contributed by atoms with E-state index >= 15 is 0 Å². The molecule has 0 aliphatic carbocycles. The van der Waals surface area contributed by atoms with Gasteiger partial charge in [0.2, 0.25) is 11.8 Å². The van der Waals surface area contributed by atoms with Gasteiger partial charge in [-0.25, -0.2) is 4.99 Å². The fourth-order valence-electron chi connectivity index (χ4n) is 2.22. The zero-order chi connectivity index (χ0) is 17.8. The number of nitrogens with zero attached hydrogens (tertiary/aromatic N) is 1. The second kappa shape index (κ2) is 7.91. The highest BCUT2D eigenvalue weighted by Crippen LogP contribution is 2.26. The van der Waals surface area contributed by atoms with Crippen molar-refractivity contribution in [2.45, 2.75) is 11.7 Å². The minimum Gasteiger partial charge on any atom is -0.326 e. The number of benzene rings is 2. The van der Waals surface area contributed by atoms with Crippen molar-refractivity contribution in [3.05, 3.63) is 58.6 Å². The van der Waals surface area contributed by atoms with Crippen LogP contribution in [-0.2, 0) is 9.59 Å². The van der Waals surface area contributed by atoms with Gasteiger partial charge in [-0.15, -0.1) is 0 Å². The molecule has 0 bridgehead atoms. The van der Waals surface area contributed by atoms with Crippen molar-refractivity contribution in [3.63, 3.8) is 0 Å². The molecule has 0 unspecified atom stereocenters. The number of carbonyl (C=O) groups excluding carboxylic acids is 2. The van der Waals surface area contributed by atoms with Crippen molar-refractivity contribution in [1.82, 2.24) is 5.32 Å². The van der Waals surface area contributed by atoms with Crippen LogP contribution in [0.3, 0.4) is 0 Å². The fraction of sp³-hybridized carbons (Fsp3) is 0.118. The summed E-state index contributed by atoms with van der Waals surface area (Å²) < 4.78 is 0. The fourth-order valence-corrected chi connectivity index (χ4v) is 3.73. The van der Waals surface area contributed by atoms with Crippen LogP contribution in [0.1, 0.15) is 6.42 Å². The van der Waals surface area contributed by atoms with Gasteiger partial charge in [0.05, 0.1) is 5.69 Å². The van der Waals surface area contributed by atoms with E-state index in [9.17, 15) is 9.59 Å². The highest BCUT2D eigenvalue weighted by Gasteiger charge is 2.32. The maximum absolute atomic E-state index is 12.2. The summed E-state index contributed by atoms with van der Waals surface area (Å²) in [5.74, 6) is -0.536. The molecule has 2 amide bonds. The average Bonchev–Trinajstić information content (AvgIpc) is 2.86. The number of aliphatic imine (C=N–C) groups is 1. The highest BCUT2D eigenvalue weighted by atomic mass is 35.5. The molecule has 128 valence electrons. The number of hydrogen-bond donors (Lipinski definition) is 2. The number of hydrogen-bond acceptors (Lipinski definition) is 4. The maximum Gasteiger partial charge on any atom is 0.240 e. The Hall–Kier alpha value is -2.02. The summed E-state index contributed by atoms with van der Waals surface area (Å²) in [4.78, 5) is 28.6. The van der Waals surface area contributed by atoms with Gasteiger partial charge in [0, 0.05) is 22.2 Å². The Kier molecular flexibility index (Phi) is 5.63. The number of rotatable bonds is 4. The molecule has 1 aliphatic rings. The smallest absolute Gasteiger partial charge is 0.240 e. The van der Waals surface area contributed by atoms with Gasteiger partial charge in [0.1, 0.15) is 5.25 Å². The molecule has 1 fully saturated rings. The number of amides is 2. The SMILES string of the molecule is O=C(C[C@H]1SC(=Nc2ccccc2)NC1=O)Nc1cc(Cl)cc(Cl)c1. The average molecular weight is 394 g/mol. The number of anilines is 1. The summed E-state index contributed by atoms with van der Waals surface area (Å²) in [6.45, 7) is 0. The molecule has 0 radical (unpaired) electrons. The first-order valence-corrected chi connectivity index (χ1v) is 9.00. The zero-order valence-corrected chi connectivity index (χ0v) is 15.2. The summed E-state index contributed by atoms with van der Waals surface area (Å²) >= 11 is 13.0. The molecule has 0 aromatic heterocycles. The van der Waals surface area contributed by atoms with Crippen LogP contribution in [0.4, 0.5) is 11.4 Å². The van der Waals surface area contributed by atoms with Gasteiger partial charge in [-0.1, -0.05) is 53.2 Å². The van der Waals surface area contributed by atoms with Crippen molar-refractivity contribution in [2.24, 2.45) is 4.99 Å². The summed E-state index contributed by atoms with van der Waals surface area (Å²) in [7, 11) is 0. The molecule has 8 heteroatoms. The van der Waals surface area contributed by atoms with E-state index in [4.69, 9.17) is 23.2 Å². The monoisotopic (exact) mass is 393 g/mol. The first kappa shape index (κ1) is 17.8. The van der Waals surface area contributed by atoms with Gasteiger partial charge in [-0.05, 0) is 30.3 Å². The van der Waals surface area contributed by atoms with Crippen LogP contribution in [0.5, 0.6) is 0 Å². The lowest BCUT2D eigenvalue weighted by molar-refractivity contribution is -0.122. The Labute approximate surface area is 158 Å². The molecule has 1 heterocycles. The number of carbonyl (C=O) groups is 2. The molecular formula is C17H13Cl2N3O2S. The Morgan fingerprint density at radius 1 is 1.16 bits per heavy atom. The van der Waals surface area contributed by atoms with Crippen molar-refractivity contribution in [2.75, 3.05) is 5.32 Å². The van der Waals surface area contributed by atoms with Crippen LogP contribution in [-0.4, -0.2) is 22.2 Å². The summed E-state index contributed by atoms with van der Waals surface area (Å²) in [5.41, 5.74) is 1.23. The van der Waals surface area contributed by atoms with E-state index in [-0.39, 0.29) is 18.2 Å². The van der Waals surface area contributed by atoms with Crippen molar-refractivity contribution in [3.8, 4) is 0 Å².